The Morgan fingerprint density at radius 3 is 2.61 bits per heavy atom. The molecule has 0 unspecified atom stereocenters. The molecule has 1 heterocycles. The minimum absolute atomic E-state index is 0.376. The van der Waals surface area contributed by atoms with Gasteiger partial charge in [-0.2, -0.15) is 11.3 Å². The highest BCUT2D eigenvalue weighted by Gasteiger charge is 2.06. The average Bonchev–Trinajstić information content (AvgIpc) is 2.76. The predicted octanol–water partition coefficient (Wildman–Crippen LogP) is 2.45. The first-order valence-corrected chi connectivity index (χ1v) is 6.73. The molecule has 0 spiro atoms. The van der Waals surface area contributed by atoms with Crippen molar-refractivity contribution in [3.8, 4) is 0 Å². The van der Waals surface area contributed by atoms with Crippen LogP contribution in [-0.2, 0) is 13.1 Å². The van der Waals surface area contributed by atoms with Crippen molar-refractivity contribution in [1.29, 1.82) is 0 Å². The fourth-order valence-electron chi connectivity index (χ4n) is 1.81. The fraction of sp³-hybridized carbons (Fsp3) is 0.214. The number of nitrogens with two attached hydrogens (primary N) is 1. The zero-order valence-corrected chi connectivity index (χ0v) is 11.1. The van der Waals surface area contributed by atoms with Gasteiger partial charge in [-0.15, -0.1) is 0 Å². The number of hydrogen-bond donors (Lipinski definition) is 2. The lowest BCUT2D eigenvalue weighted by molar-refractivity contribution is 0.0999. The maximum atomic E-state index is 11.3. The van der Waals surface area contributed by atoms with Gasteiger partial charge in [0, 0.05) is 18.7 Å². The zero-order valence-electron chi connectivity index (χ0n) is 10.3. The summed E-state index contributed by atoms with van der Waals surface area (Å²) in [5, 5.41) is 7.61. The molecule has 0 atom stereocenters. The van der Waals surface area contributed by atoms with Gasteiger partial charge in [0.05, 0.1) is 0 Å². The van der Waals surface area contributed by atoms with Crippen molar-refractivity contribution in [1.82, 2.24) is 5.32 Å². The molecule has 2 aromatic rings. The van der Waals surface area contributed by atoms with Gasteiger partial charge in [-0.3, -0.25) is 4.79 Å². The summed E-state index contributed by atoms with van der Waals surface area (Å²) in [5.74, 6) is -0.376. The summed E-state index contributed by atoms with van der Waals surface area (Å²) in [5.41, 5.74) is 9.48. The highest BCUT2D eigenvalue weighted by Crippen LogP contribution is 2.14. The number of carbonyl (C=O) groups is 1. The van der Waals surface area contributed by atoms with E-state index in [1.807, 2.05) is 18.2 Å². The number of nitrogens with one attached hydrogen (secondary N) is 1. The van der Waals surface area contributed by atoms with Gasteiger partial charge in [-0.1, -0.05) is 18.2 Å². The molecule has 0 aliphatic carbocycles. The first-order chi connectivity index (χ1) is 8.68. The van der Waals surface area contributed by atoms with Crippen LogP contribution in [-0.4, -0.2) is 5.91 Å². The van der Waals surface area contributed by atoms with Crippen LogP contribution in [0.5, 0.6) is 0 Å². The number of primary amides is 1. The molecular weight excluding hydrogens is 244 g/mol. The number of amides is 1. The van der Waals surface area contributed by atoms with E-state index in [0.717, 1.165) is 12.1 Å². The highest BCUT2D eigenvalue weighted by molar-refractivity contribution is 7.08. The molecule has 1 aromatic carbocycles. The van der Waals surface area contributed by atoms with Gasteiger partial charge in [0.15, 0.2) is 0 Å². The van der Waals surface area contributed by atoms with Gasteiger partial charge in [0.25, 0.3) is 0 Å². The number of aryl methyl sites for hydroxylation is 1. The van der Waals surface area contributed by atoms with Crippen molar-refractivity contribution in [2.24, 2.45) is 5.73 Å². The lowest BCUT2D eigenvalue weighted by atomic mass is 10.1. The topological polar surface area (TPSA) is 55.1 Å². The molecule has 0 fully saturated rings. The third-order valence-electron chi connectivity index (χ3n) is 2.88. The standard InChI is InChI=1S/C14H16N2OS/c1-10-8-18-9-12(10)7-16-6-11-4-2-3-5-13(11)14(15)17/h2-5,8-9,16H,6-7H2,1H3,(H2,15,17). The Morgan fingerprint density at radius 1 is 1.22 bits per heavy atom. The van der Waals surface area contributed by atoms with Crippen LogP contribution in [0.4, 0.5) is 0 Å². The average molecular weight is 260 g/mol. The fourth-order valence-corrected chi connectivity index (χ4v) is 2.67. The molecule has 2 rings (SSSR count). The van der Waals surface area contributed by atoms with Crippen molar-refractivity contribution in [2.45, 2.75) is 20.0 Å². The van der Waals surface area contributed by atoms with Crippen LogP contribution < -0.4 is 11.1 Å². The van der Waals surface area contributed by atoms with Gasteiger partial charge < -0.3 is 11.1 Å². The Kier molecular flexibility index (Phi) is 4.12. The van der Waals surface area contributed by atoms with E-state index in [9.17, 15) is 4.79 Å². The summed E-state index contributed by atoms with van der Waals surface area (Å²) in [7, 11) is 0. The van der Waals surface area contributed by atoms with Crippen LogP contribution in [0.25, 0.3) is 0 Å². The van der Waals surface area contributed by atoms with E-state index < -0.39 is 0 Å². The van der Waals surface area contributed by atoms with Crippen molar-refractivity contribution in [3.05, 3.63) is 57.3 Å². The molecule has 4 heteroatoms. The maximum absolute atomic E-state index is 11.3. The number of thiophene rings is 1. The number of benzene rings is 1. The van der Waals surface area contributed by atoms with Gasteiger partial charge in [0.1, 0.15) is 0 Å². The molecule has 3 nitrogen and oxygen atoms in total. The first kappa shape index (κ1) is 12.8. The van der Waals surface area contributed by atoms with E-state index in [-0.39, 0.29) is 5.91 Å². The lowest BCUT2D eigenvalue weighted by Crippen LogP contribution is -2.18. The molecular formula is C14H16N2OS. The number of rotatable bonds is 5. The van der Waals surface area contributed by atoms with Gasteiger partial charge >= 0.3 is 0 Å². The minimum atomic E-state index is -0.376. The molecule has 1 aromatic heterocycles. The molecule has 1 amide bonds. The number of hydrogen-bond acceptors (Lipinski definition) is 3. The van der Waals surface area contributed by atoms with E-state index in [0.29, 0.717) is 12.1 Å². The lowest BCUT2D eigenvalue weighted by Gasteiger charge is -2.08. The molecule has 0 saturated carbocycles. The zero-order chi connectivity index (χ0) is 13.0. The highest BCUT2D eigenvalue weighted by atomic mass is 32.1. The third kappa shape index (κ3) is 2.97. The summed E-state index contributed by atoms with van der Waals surface area (Å²) in [6.45, 7) is 3.56. The molecule has 0 saturated heterocycles. The van der Waals surface area contributed by atoms with Crippen molar-refractivity contribution >= 4 is 17.2 Å². The minimum Gasteiger partial charge on any atom is -0.366 e. The molecule has 0 bridgehead atoms. The smallest absolute Gasteiger partial charge is 0.249 e. The normalized spacial score (nSPS) is 10.5. The van der Waals surface area contributed by atoms with Crippen LogP contribution in [0, 0.1) is 6.92 Å². The van der Waals surface area contributed by atoms with Gasteiger partial charge in [0.2, 0.25) is 5.91 Å². The van der Waals surface area contributed by atoms with Crippen LogP contribution in [0.1, 0.15) is 27.0 Å². The third-order valence-corrected chi connectivity index (χ3v) is 3.79. The predicted molar refractivity (Wildman–Crippen MR) is 74.6 cm³/mol. The Morgan fingerprint density at radius 2 is 1.94 bits per heavy atom. The Labute approximate surface area is 111 Å². The largest absolute Gasteiger partial charge is 0.366 e. The molecule has 18 heavy (non-hydrogen) atoms. The second kappa shape index (κ2) is 5.80. The van der Waals surface area contributed by atoms with Gasteiger partial charge in [-0.25, -0.2) is 0 Å². The van der Waals surface area contributed by atoms with E-state index >= 15 is 0 Å². The summed E-state index contributed by atoms with van der Waals surface area (Å²) in [4.78, 5) is 11.3. The Hall–Kier alpha value is -1.65. The van der Waals surface area contributed by atoms with E-state index in [1.54, 1.807) is 17.4 Å². The second-order valence-electron chi connectivity index (χ2n) is 4.20. The summed E-state index contributed by atoms with van der Waals surface area (Å²) >= 11 is 1.71. The van der Waals surface area contributed by atoms with E-state index in [2.05, 4.69) is 23.0 Å². The SMILES string of the molecule is Cc1cscc1CNCc1ccccc1C(N)=O. The monoisotopic (exact) mass is 260 g/mol. The molecule has 3 N–H and O–H groups in total. The van der Waals surface area contributed by atoms with Crippen LogP contribution in [0.3, 0.4) is 0 Å². The van der Waals surface area contributed by atoms with Crippen LogP contribution in [0.15, 0.2) is 35.0 Å². The second-order valence-corrected chi connectivity index (χ2v) is 4.95. The van der Waals surface area contributed by atoms with Crippen molar-refractivity contribution < 1.29 is 4.79 Å². The van der Waals surface area contributed by atoms with Gasteiger partial charge in [-0.05, 0) is 40.4 Å². The molecule has 0 aliphatic heterocycles. The molecule has 94 valence electrons. The van der Waals surface area contributed by atoms with Crippen LogP contribution >= 0.6 is 11.3 Å². The maximum Gasteiger partial charge on any atom is 0.249 e. The molecule has 0 aliphatic rings. The molecule has 0 radical (unpaired) electrons. The first-order valence-electron chi connectivity index (χ1n) is 5.78. The van der Waals surface area contributed by atoms with Crippen molar-refractivity contribution in [3.63, 3.8) is 0 Å². The Bertz CT molecular complexity index is 548. The van der Waals surface area contributed by atoms with Crippen molar-refractivity contribution in [2.75, 3.05) is 0 Å². The summed E-state index contributed by atoms with van der Waals surface area (Å²) in [6.07, 6.45) is 0. The summed E-state index contributed by atoms with van der Waals surface area (Å²) < 4.78 is 0. The van der Waals surface area contributed by atoms with Crippen LogP contribution in [0.2, 0.25) is 0 Å². The summed E-state index contributed by atoms with van der Waals surface area (Å²) in [6, 6.07) is 7.43. The van der Waals surface area contributed by atoms with E-state index in [4.69, 9.17) is 5.73 Å². The van der Waals surface area contributed by atoms with E-state index in [1.165, 1.54) is 11.1 Å². The quantitative estimate of drug-likeness (QED) is 0.867. The number of carbonyl (C=O) groups excluding carboxylic acids is 1. The Balaban J connectivity index is 1.99.